The van der Waals surface area contributed by atoms with Gasteiger partial charge in [-0.15, -0.1) is 0 Å². The second-order valence-electron chi connectivity index (χ2n) is 6.12. The fourth-order valence-electron chi connectivity index (χ4n) is 3.00. The first kappa shape index (κ1) is 15.6. The summed E-state index contributed by atoms with van der Waals surface area (Å²) in [5.41, 5.74) is 3.00. The van der Waals surface area contributed by atoms with E-state index < -0.39 is 0 Å². The highest BCUT2D eigenvalue weighted by Crippen LogP contribution is 2.22. The Bertz CT molecular complexity index is 693. The number of likely N-dealkylation sites (tertiary alicyclic amines) is 1. The number of ether oxygens (including phenoxy) is 1. The standard InChI is InChI=1S/C18H22N4O/c1-14-10-15(2)22(20-14)17-12-21(13-17)8-3-9-23-18-6-4-16(11-19)5-7-18/h4-7,10,17H,3,8-9,12-13H2,1-2H3. The van der Waals surface area contributed by atoms with Crippen molar-refractivity contribution in [1.82, 2.24) is 14.7 Å². The van der Waals surface area contributed by atoms with Gasteiger partial charge in [0.2, 0.25) is 0 Å². The summed E-state index contributed by atoms with van der Waals surface area (Å²) in [6.45, 7) is 8.05. The molecular weight excluding hydrogens is 288 g/mol. The topological polar surface area (TPSA) is 54.1 Å². The lowest BCUT2D eigenvalue weighted by Gasteiger charge is -2.39. The van der Waals surface area contributed by atoms with Gasteiger partial charge in [-0.1, -0.05) is 0 Å². The van der Waals surface area contributed by atoms with E-state index in [-0.39, 0.29) is 0 Å². The molecule has 0 amide bonds. The first-order chi connectivity index (χ1) is 11.2. The average molecular weight is 310 g/mol. The van der Waals surface area contributed by atoms with Crippen molar-refractivity contribution in [1.29, 1.82) is 5.26 Å². The van der Waals surface area contributed by atoms with Gasteiger partial charge < -0.3 is 4.74 Å². The molecule has 1 aromatic heterocycles. The van der Waals surface area contributed by atoms with Crippen LogP contribution < -0.4 is 4.74 Å². The van der Waals surface area contributed by atoms with E-state index in [0.717, 1.165) is 37.5 Å². The lowest BCUT2D eigenvalue weighted by atomic mass is 10.1. The van der Waals surface area contributed by atoms with E-state index in [2.05, 4.69) is 33.7 Å². The number of aryl methyl sites for hydroxylation is 2. The number of rotatable bonds is 6. The van der Waals surface area contributed by atoms with Crippen molar-refractivity contribution in [2.24, 2.45) is 0 Å². The normalized spacial score (nSPS) is 15.2. The van der Waals surface area contributed by atoms with Crippen LogP contribution in [0.5, 0.6) is 5.75 Å². The van der Waals surface area contributed by atoms with Crippen molar-refractivity contribution in [2.75, 3.05) is 26.2 Å². The minimum atomic E-state index is 0.517. The van der Waals surface area contributed by atoms with Gasteiger partial charge in [0.15, 0.2) is 0 Å². The molecule has 2 heterocycles. The fraction of sp³-hybridized carbons (Fsp3) is 0.444. The number of hydrogen-bond donors (Lipinski definition) is 0. The zero-order valence-electron chi connectivity index (χ0n) is 13.7. The summed E-state index contributed by atoms with van der Waals surface area (Å²) in [6, 6.07) is 12.0. The van der Waals surface area contributed by atoms with Gasteiger partial charge in [-0.2, -0.15) is 10.4 Å². The molecule has 0 aliphatic carbocycles. The maximum Gasteiger partial charge on any atom is 0.119 e. The Labute approximate surface area is 137 Å². The summed E-state index contributed by atoms with van der Waals surface area (Å²) < 4.78 is 7.86. The molecule has 2 aromatic rings. The summed E-state index contributed by atoms with van der Waals surface area (Å²) in [7, 11) is 0. The smallest absolute Gasteiger partial charge is 0.119 e. The molecule has 0 spiro atoms. The van der Waals surface area contributed by atoms with Gasteiger partial charge in [0, 0.05) is 25.3 Å². The van der Waals surface area contributed by atoms with Crippen LogP contribution in [-0.4, -0.2) is 40.9 Å². The van der Waals surface area contributed by atoms with E-state index in [4.69, 9.17) is 10.00 Å². The Hall–Kier alpha value is -2.32. The molecule has 1 aromatic carbocycles. The van der Waals surface area contributed by atoms with Crippen molar-refractivity contribution in [3.05, 3.63) is 47.3 Å². The zero-order valence-corrected chi connectivity index (χ0v) is 13.7. The summed E-state index contributed by atoms with van der Waals surface area (Å²) in [5, 5.41) is 13.3. The minimum absolute atomic E-state index is 0.517. The van der Waals surface area contributed by atoms with Gasteiger partial charge in [0.25, 0.3) is 0 Å². The zero-order chi connectivity index (χ0) is 16.2. The van der Waals surface area contributed by atoms with Crippen LogP contribution in [0.4, 0.5) is 0 Å². The molecule has 5 nitrogen and oxygen atoms in total. The highest BCUT2D eigenvalue weighted by molar-refractivity contribution is 5.34. The third-order valence-electron chi connectivity index (χ3n) is 4.20. The van der Waals surface area contributed by atoms with Crippen molar-refractivity contribution in [2.45, 2.75) is 26.3 Å². The average Bonchev–Trinajstić information content (AvgIpc) is 2.84. The SMILES string of the molecule is Cc1cc(C)n(C2CN(CCCOc3ccc(C#N)cc3)C2)n1. The van der Waals surface area contributed by atoms with Crippen molar-refractivity contribution in [3.8, 4) is 11.8 Å². The summed E-state index contributed by atoms with van der Waals surface area (Å²) in [4.78, 5) is 2.43. The van der Waals surface area contributed by atoms with Crippen LogP contribution in [0.15, 0.2) is 30.3 Å². The van der Waals surface area contributed by atoms with Crippen molar-refractivity contribution >= 4 is 0 Å². The van der Waals surface area contributed by atoms with Crippen LogP contribution in [0.25, 0.3) is 0 Å². The monoisotopic (exact) mass is 310 g/mol. The molecule has 0 radical (unpaired) electrons. The van der Waals surface area contributed by atoms with Crippen LogP contribution in [0.3, 0.4) is 0 Å². The van der Waals surface area contributed by atoms with E-state index >= 15 is 0 Å². The van der Waals surface area contributed by atoms with Gasteiger partial charge in [0.1, 0.15) is 5.75 Å². The molecule has 0 bridgehead atoms. The molecule has 1 aliphatic rings. The molecular formula is C18H22N4O. The van der Waals surface area contributed by atoms with Crippen molar-refractivity contribution < 1.29 is 4.74 Å². The fourth-order valence-corrected chi connectivity index (χ4v) is 3.00. The summed E-state index contributed by atoms with van der Waals surface area (Å²) in [6.07, 6.45) is 1.00. The first-order valence-electron chi connectivity index (χ1n) is 8.04. The largest absolute Gasteiger partial charge is 0.494 e. The molecule has 0 unspecified atom stereocenters. The molecule has 0 N–H and O–H groups in total. The Morgan fingerprint density at radius 2 is 2.00 bits per heavy atom. The number of aromatic nitrogens is 2. The number of nitrogens with zero attached hydrogens (tertiary/aromatic N) is 4. The third kappa shape index (κ3) is 3.72. The molecule has 1 aliphatic heterocycles. The second kappa shape index (κ2) is 6.84. The predicted molar refractivity (Wildman–Crippen MR) is 88.4 cm³/mol. The second-order valence-corrected chi connectivity index (χ2v) is 6.12. The Kier molecular flexibility index (Phi) is 4.63. The molecule has 23 heavy (non-hydrogen) atoms. The van der Waals surface area contributed by atoms with Gasteiger partial charge in [-0.25, -0.2) is 0 Å². The molecule has 1 saturated heterocycles. The minimum Gasteiger partial charge on any atom is -0.494 e. The number of benzene rings is 1. The molecule has 120 valence electrons. The van der Waals surface area contributed by atoms with E-state index in [1.54, 1.807) is 12.1 Å². The number of hydrogen-bond acceptors (Lipinski definition) is 4. The molecule has 0 atom stereocenters. The Morgan fingerprint density at radius 1 is 1.26 bits per heavy atom. The lowest BCUT2D eigenvalue weighted by molar-refractivity contribution is 0.0904. The van der Waals surface area contributed by atoms with E-state index in [0.29, 0.717) is 18.2 Å². The highest BCUT2D eigenvalue weighted by Gasteiger charge is 2.29. The predicted octanol–water partition coefficient (Wildman–Crippen LogP) is 2.70. The molecule has 5 heteroatoms. The van der Waals surface area contributed by atoms with Crippen LogP contribution >= 0.6 is 0 Å². The van der Waals surface area contributed by atoms with Crippen molar-refractivity contribution in [3.63, 3.8) is 0 Å². The van der Waals surface area contributed by atoms with E-state index in [9.17, 15) is 0 Å². The quantitative estimate of drug-likeness (QED) is 0.770. The van der Waals surface area contributed by atoms with Crippen LogP contribution in [0, 0.1) is 25.2 Å². The highest BCUT2D eigenvalue weighted by atomic mass is 16.5. The summed E-state index contributed by atoms with van der Waals surface area (Å²) in [5.74, 6) is 0.827. The van der Waals surface area contributed by atoms with E-state index in [1.165, 1.54) is 5.69 Å². The Morgan fingerprint density at radius 3 is 2.61 bits per heavy atom. The maximum atomic E-state index is 8.76. The van der Waals surface area contributed by atoms with Gasteiger partial charge in [0.05, 0.1) is 30.0 Å². The molecule has 0 saturated carbocycles. The third-order valence-corrected chi connectivity index (χ3v) is 4.20. The van der Waals surface area contributed by atoms with Gasteiger partial charge >= 0.3 is 0 Å². The molecule has 3 rings (SSSR count). The van der Waals surface area contributed by atoms with Gasteiger partial charge in [-0.3, -0.25) is 9.58 Å². The van der Waals surface area contributed by atoms with E-state index in [1.807, 2.05) is 19.1 Å². The van der Waals surface area contributed by atoms with Gasteiger partial charge in [-0.05, 0) is 50.6 Å². The lowest BCUT2D eigenvalue weighted by Crippen LogP contribution is -2.48. The van der Waals surface area contributed by atoms with Crippen LogP contribution in [0.1, 0.15) is 29.4 Å². The summed E-state index contributed by atoms with van der Waals surface area (Å²) >= 11 is 0. The maximum absolute atomic E-state index is 8.76. The number of nitriles is 1. The first-order valence-corrected chi connectivity index (χ1v) is 8.04. The Balaban J connectivity index is 1.35. The van der Waals surface area contributed by atoms with Crippen LogP contribution in [0.2, 0.25) is 0 Å². The van der Waals surface area contributed by atoms with Crippen LogP contribution in [-0.2, 0) is 0 Å². The molecule has 1 fully saturated rings.